The third-order valence-electron chi connectivity index (χ3n) is 5.86. The molecule has 0 aromatic heterocycles. The summed E-state index contributed by atoms with van der Waals surface area (Å²) < 4.78 is 17.5. The predicted molar refractivity (Wildman–Crippen MR) is 123 cm³/mol. The van der Waals surface area contributed by atoms with Crippen molar-refractivity contribution in [2.45, 2.75) is 78.1 Å². The molecule has 1 heterocycles. The zero-order chi connectivity index (χ0) is 22.4. The summed E-state index contributed by atoms with van der Waals surface area (Å²) >= 11 is 0. The summed E-state index contributed by atoms with van der Waals surface area (Å²) in [7, 11) is 0. The number of hydrogen-bond acceptors (Lipinski definition) is 4. The van der Waals surface area contributed by atoms with E-state index in [9.17, 15) is 5.11 Å². The van der Waals surface area contributed by atoms with Gasteiger partial charge in [-0.05, 0) is 68.9 Å². The minimum atomic E-state index is -0.538. The van der Waals surface area contributed by atoms with Crippen LogP contribution in [0.3, 0.4) is 0 Å². The van der Waals surface area contributed by atoms with Gasteiger partial charge in [0.1, 0.15) is 24.2 Å². The van der Waals surface area contributed by atoms with Gasteiger partial charge in [-0.1, -0.05) is 51.6 Å². The summed E-state index contributed by atoms with van der Waals surface area (Å²) in [6.45, 7) is 17.1. The first kappa shape index (κ1) is 24.2. The molecule has 1 aromatic rings. The lowest BCUT2D eigenvalue weighted by atomic mass is 9.69. The van der Waals surface area contributed by atoms with Gasteiger partial charge in [0.25, 0.3) is 0 Å². The van der Waals surface area contributed by atoms with Crippen LogP contribution in [0.4, 0.5) is 0 Å². The Morgan fingerprint density at radius 1 is 1.27 bits per heavy atom. The molecule has 0 aliphatic carbocycles. The molecule has 0 amide bonds. The number of aliphatic hydroxyl groups excluding tert-OH is 1. The molecule has 1 N–H and O–H groups in total. The van der Waals surface area contributed by atoms with Crippen LogP contribution in [-0.4, -0.2) is 30.2 Å². The van der Waals surface area contributed by atoms with Crippen molar-refractivity contribution in [2.24, 2.45) is 0 Å². The van der Waals surface area contributed by atoms with Gasteiger partial charge in [0.05, 0.1) is 6.61 Å². The molecular weight excluding hydrogens is 376 g/mol. The molecule has 2 rings (SSSR count). The van der Waals surface area contributed by atoms with Gasteiger partial charge >= 0.3 is 0 Å². The largest absolute Gasteiger partial charge is 0.509 e. The standard InChI is InChI=1S/C26H38O4/c1-8-11-21(13-12-20(5)27)26(9-2,10-3)22-14-15-24(19(4)16-22)28-17-23-18-29-25(6,7)30-23/h11-16,23,27H,5,8-10,17-18H2,1-4,6-7H3/b13-12-,21-11+. The van der Waals surface area contributed by atoms with Gasteiger partial charge in [0.15, 0.2) is 5.79 Å². The Kier molecular flexibility index (Phi) is 8.34. The Morgan fingerprint density at radius 2 is 1.97 bits per heavy atom. The maximum atomic E-state index is 9.57. The van der Waals surface area contributed by atoms with Crippen LogP contribution in [0.15, 0.2) is 54.3 Å². The molecule has 1 aromatic carbocycles. The maximum absolute atomic E-state index is 9.57. The van der Waals surface area contributed by atoms with Crippen molar-refractivity contribution in [3.63, 3.8) is 0 Å². The number of allylic oxidation sites excluding steroid dienone is 4. The fraction of sp³-hybridized carbons (Fsp3) is 0.538. The van der Waals surface area contributed by atoms with Crippen molar-refractivity contribution in [2.75, 3.05) is 13.2 Å². The van der Waals surface area contributed by atoms with Gasteiger partial charge in [-0.15, -0.1) is 0 Å². The molecule has 30 heavy (non-hydrogen) atoms. The quantitative estimate of drug-likeness (QED) is 0.348. The summed E-state index contributed by atoms with van der Waals surface area (Å²) in [5.41, 5.74) is 3.43. The Balaban J connectivity index is 2.27. The molecule has 0 saturated carbocycles. The lowest BCUT2D eigenvalue weighted by Crippen LogP contribution is -2.27. The van der Waals surface area contributed by atoms with E-state index in [1.54, 1.807) is 6.08 Å². The summed E-state index contributed by atoms with van der Waals surface area (Å²) in [6, 6.07) is 6.45. The molecule has 0 radical (unpaired) electrons. The zero-order valence-corrected chi connectivity index (χ0v) is 19.5. The molecule has 0 bridgehead atoms. The van der Waals surface area contributed by atoms with Crippen LogP contribution in [-0.2, 0) is 14.9 Å². The molecule has 0 spiro atoms. The van der Waals surface area contributed by atoms with Crippen LogP contribution in [0.1, 0.15) is 65.0 Å². The molecule has 1 aliphatic rings. The van der Waals surface area contributed by atoms with Crippen LogP contribution in [0.25, 0.3) is 0 Å². The Hall–Kier alpha value is -2.04. The Labute approximate surface area is 182 Å². The molecule has 1 aliphatic heterocycles. The van der Waals surface area contributed by atoms with Crippen LogP contribution in [0, 0.1) is 6.92 Å². The Morgan fingerprint density at radius 3 is 2.47 bits per heavy atom. The van der Waals surface area contributed by atoms with Gasteiger partial charge in [0.2, 0.25) is 0 Å². The van der Waals surface area contributed by atoms with Crippen molar-refractivity contribution < 1.29 is 19.3 Å². The minimum Gasteiger partial charge on any atom is -0.509 e. The highest BCUT2D eigenvalue weighted by atomic mass is 16.7. The van der Waals surface area contributed by atoms with Gasteiger partial charge < -0.3 is 19.3 Å². The zero-order valence-electron chi connectivity index (χ0n) is 19.5. The van der Waals surface area contributed by atoms with Crippen molar-refractivity contribution in [1.29, 1.82) is 0 Å². The molecule has 166 valence electrons. The van der Waals surface area contributed by atoms with Gasteiger partial charge in [-0.3, -0.25) is 0 Å². The highest BCUT2D eigenvalue weighted by Gasteiger charge is 2.34. The highest BCUT2D eigenvalue weighted by molar-refractivity contribution is 5.47. The predicted octanol–water partition coefficient (Wildman–Crippen LogP) is 6.55. The normalized spacial score (nSPS) is 19.4. The summed E-state index contributed by atoms with van der Waals surface area (Å²) in [5.74, 6) is 0.400. The number of ether oxygens (including phenoxy) is 3. The molecule has 1 atom stereocenters. The molecule has 1 unspecified atom stereocenters. The number of benzene rings is 1. The lowest BCUT2D eigenvalue weighted by molar-refractivity contribution is -0.141. The average molecular weight is 415 g/mol. The second-order valence-electron chi connectivity index (χ2n) is 8.42. The monoisotopic (exact) mass is 414 g/mol. The molecule has 1 saturated heterocycles. The summed E-state index contributed by atoms with van der Waals surface area (Å²) in [6.07, 6.45) is 8.71. The van der Waals surface area contributed by atoms with Crippen molar-refractivity contribution in [3.8, 4) is 5.75 Å². The van der Waals surface area contributed by atoms with E-state index in [0.717, 1.165) is 30.6 Å². The third-order valence-corrected chi connectivity index (χ3v) is 5.86. The third kappa shape index (κ3) is 5.77. The van der Waals surface area contributed by atoms with Gasteiger partial charge in [-0.2, -0.15) is 0 Å². The second-order valence-corrected chi connectivity index (χ2v) is 8.42. The fourth-order valence-corrected chi connectivity index (χ4v) is 4.20. The van der Waals surface area contributed by atoms with E-state index in [4.69, 9.17) is 14.2 Å². The number of aryl methyl sites for hydroxylation is 1. The molecule has 1 fully saturated rings. The molecule has 4 heteroatoms. The second kappa shape index (κ2) is 10.3. The first-order valence-corrected chi connectivity index (χ1v) is 11.0. The first-order valence-electron chi connectivity index (χ1n) is 11.0. The highest BCUT2D eigenvalue weighted by Crippen LogP contribution is 2.41. The Bertz CT molecular complexity index is 784. The van der Waals surface area contributed by atoms with Gasteiger partial charge in [0, 0.05) is 5.41 Å². The number of aliphatic hydroxyl groups is 1. The van der Waals surface area contributed by atoms with Crippen molar-refractivity contribution >= 4 is 0 Å². The minimum absolute atomic E-state index is 0.0553. The van der Waals surface area contributed by atoms with Crippen LogP contribution in [0.2, 0.25) is 0 Å². The van der Waals surface area contributed by atoms with E-state index in [1.165, 1.54) is 11.1 Å². The van der Waals surface area contributed by atoms with E-state index >= 15 is 0 Å². The van der Waals surface area contributed by atoms with Gasteiger partial charge in [-0.25, -0.2) is 0 Å². The number of hydrogen-bond donors (Lipinski definition) is 1. The van der Waals surface area contributed by atoms with Crippen molar-refractivity contribution in [3.05, 3.63) is 65.5 Å². The topological polar surface area (TPSA) is 47.9 Å². The first-order chi connectivity index (χ1) is 14.2. The molecule has 4 nitrogen and oxygen atoms in total. The van der Waals surface area contributed by atoms with E-state index in [1.807, 2.05) is 19.9 Å². The summed E-state index contributed by atoms with van der Waals surface area (Å²) in [4.78, 5) is 0. The maximum Gasteiger partial charge on any atom is 0.163 e. The van der Waals surface area contributed by atoms with E-state index in [2.05, 4.69) is 58.5 Å². The fourth-order valence-electron chi connectivity index (χ4n) is 4.20. The van der Waals surface area contributed by atoms with Crippen molar-refractivity contribution in [1.82, 2.24) is 0 Å². The lowest BCUT2D eigenvalue weighted by Gasteiger charge is -2.35. The van der Waals surface area contributed by atoms with Crippen LogP contribution >= 0.6 is 0 Å². The van der Waals surface area contributed by atoms with Crippen LogP contribution in [0.5, 0.6) is 5.75 Å². The smallest absolute Gasteiger partial charge is 0.163 e. The van der Waals surface area contributed by atoms with E-state index < -0.39 is 5.79 Å². The van der Waals surface area contributed by atoms with Crippen LogP contribution < -0.4 is 4.74 Å². The van der Waals surface area contributed by atoms with E-state index in [-0.39, 0.29) is 17.3 Å². The molecular formula is C26H38O4. The van der Waals surface area contributed by atoms with E-state index in [0.29, 0.717) is 13.2 Å². The average Bonchev–Trinajstić information content (AvgIpc) is 3.05. The summed E-state index contributed by atoms with van der Waals surface area (Å²) in [5, 5.41) is 9.57. The SMILES string of the molecule is C=C(O)/C=C\C(=C/CC)C(CC)(CC)c1ccc(OCC2COC(C)(C)O2)c(C)c1. The number of rotatable bonds is 10.